The maximum atomic E-state index is 11.2. The summed E-state index contributed by atoms with van der Waals surface area (Å²) in [6, 6.07) is 12.4. The molecule has 7 nitrogen and oxygen atoms in total. The Morgan fingerprint density at radius 1 is 1.00 bits per heavy atom. The van der Waals surface area contributed by atoms with Crippen molar-refractivity contribution in [3.63, 3.8) is 0 Å². The average molecular weight is 389 g/mol. The second kappa shape index (κ2) is 7.99. The van der Waals surface area contributed by atoms with Crippen molar-refractivity contribution in [1.82, 2.24) is 15.2 Å². The van der Waals surface area contributed by atoms with E-state index in [0.29, 0.717) is 27.2 Å². The Bertz CT molecular complexity index is 930. The number of hydrogen-bond donors (Lipinski definition) is 3. The standard InChI is InChI=1S/C17H14Cl2N6O/c1-10(26)21-11-4-2-5-12(8-11)22-15-9-20-25-17(23-15)24-16-13(18)6-3-7-14(16)19/h2-9H,1H3,(H,21,26)(H2,22,23,24,25). The first kappa shape index (κ1) is 17.9. The molecule has 1 aromatic heterocycles. The van der Waals surface area contributed by atoms with Gasteiger partial charge in [-0.1, -0.05) is 35.3 Å². The third kappa shape index (κ3) is 4.59. The number of anilines is 5. The molecule has 0 bridgehead atoms. The molecule has 0 aliphatic heterocycles. The molecule has 1 amide bonds. The lowest BCUT2D eigenvalue weighted by Gasteiger charge is -2.10. The Hall–Kier alpha value is -2.90. The van der Waals surface area contributed by atoms with Gasteiger partial charge < -0.3 is 16.0 Å². The first-order chi connectivity index (χ1) is 12.5. The van der Waals surface area contributed by atoms with E-state index >= 15 is 0 Å². The van der Waals surface area contributed by atoms with E-state index < -0.39 is 0 Å². The van der Waals surface area contributed by atoms with Crippen LogP contribution in [0.1, 0.15) is 6.92 Å². The topological polar surface area (TPSA) is 91.8 Å². The smallest absolute Gasteiger partial charge is 0.249 e. The normalized spacial score (nSPS) is 10.3. The SMILES string of the molecule is CC(=O)Nc1cccc(Nc2cnnc(Nc3c(Cl)cccc3Cl)n2)c1. The Morgan fingerprint density at radius 3 is 2.42 bits per heavy atom. The molecule has 132 valence electrons. The third-order valence-electron chi connectivity index (χ3n) is 3.21. The number of para-hydroxylation sites is 1. The first-order valence-electron chi connectivity index (χ1n) is 7.57. The maximum Gasteiger partial charge on any atom is 0.249 e. The highest BCUT2D eigenvalue weighted by Crippen LogP contribution is 2.31. The van der Waals surface area contributed by atoms with Crippen molar-refractivity contribution in [2.45, 2.75) is 6.92 Å². The molecule has 0 atom stereocenters. The van der Waals surface area contributed by atoms with E-state index in [9.17, 15) is 4.79 Å². The lowest BCUT2D eigenvalue weighted by Crippen LogP contribution is -2.06. The van der Waals surface area contributed by atoms with Gasteiger partial charge in [-0.25, -0.2) is 0 Å². The quantitative estimate of drug-likeness (QED) is 0.590. The zero-order chi connectivity index (χ0) is 18.5. The van der Waals surface area contributed by atoms with E-state index in [4.69, 9.17) is 23.2 Å². The summed E-state index contributed by atoms with van der Waals surface area (Å²) < 4.78 is 0. The molecule has 0 radical (unpaired) electrons. The lowest BCUT2D eigenvalue weighted by atomic mass is 10.2. The van der Waals surface area contributed by atoms with E-state index in [2.05, 4.69) is 31.1 Å². The van der Waals surface area contributed by atoms with Crippen LogP contribution in [-0.2, 0) is 4.79 Å². The molecule has 0 saturated carbocycles. The van der Waals surface area contributed by atoms with Crippen LogP contribution >= 0.6 is 23.2 Å². The molecule has 3 aromatic rings. The number of nitrogens with one attached hydrogen (secondary N) is 3. The Morgan fingerprint density at radius 2 is 1.69 bits per heavy atom. The summed E-state index contributed by atoms with van der Waals surface area (Å²) in [6.07, 6.45) is 1.48. The van der Waals surface area contributed by atoms with Gasteiger partial charge in [0, 0.05) is 18.3 Å². The molecule has 3 N–H and O–H groups in total. The number of halogens is 2. The number of amides is 1. The molecule has 0 spiro atoms. The van der Waals surface area contributed by atoms with E-state index in [0.717, 1.165) is 5.69 Å². The summed E-state index contributed by atoms with van der Waals surface area (Å²) in [5, 5.41) is 17.5. The van der Waals surface area contributed by atoms with Gasteiger partial charge in [0.25, 0.3) is 0 Å². The van der Waals surface area contributed by atoms with E-state index in [1.165, 1.54) is 13.1 Å². The number of benzene rings is 2. The molecule has 0 unspecified atom stereocenters. The molecule has 0 saturated heterocycles. The van der Waals surface area contributed by atoms with Crippen LogP contribution in [0.2, 0.25) is 10.0 Å². The van der Waals surface area contributed by atoms with Gasteiger partial charge in [0.15, 0.2) is 5.82 Å². The molecule has 26 heavy (non-hydrogen) atoms. The van der Waals surface area contributed by atoms with Crippen LogP contribution < -0.4 is 16.0 Å². The van der Waals surface area contributed by atoms with Gasteiger partial charge >= 0.3 is 0 Å². The number of hydrogen-bond acceptors (Lipinski definition) is 6. The monoisotopic (exact) mass is 388 g/mol. The van der Waals surface area contributed by atoms with Crippen LogP contribution in [0.15, 0.2) is 48.7 Å². The van der Waals surface area contributed by atoms with Crippen molar-refractivity contribution in [1.29, 1.82) is 0 Å². The number of carbonyl (C=O) groups is 1. The number of rotatable bonds is 5. The van der Waals surface area contributed by atoms with Crippen molar-refractivity contribution in [3.8, 4) is 0 Å². The van der Waals surface area contributed by atoms with Crippen molar-refractivity contribution >= 4 is 57.9 Å². The molecular formula is C17H14Cl2N6O. The predicted molar refractivity (Wildman–Crippen MR) is 104 cm³/mol. The molecule has 1 heterocycles. The number of carbonyl (C=O) groups excluding carboxylic acids is 1. The summed E-state index contributed by atoms with van der Waals surface area (Å²) in [7, 11) is 0. The van der Waals surface area contributed by atoms with Crippen molar-refractivity contribution in [2.75, 3.05) is 16.0 Å². The summed E-state index contributed by atoms with van der Waals surface area (Å²) in [6.45, 7) is 1.45. The van der Waals surface area contributed by atoms with Crippen molar-refractivity contribution < 1.29 is 4.79 Å². The van der Waals surface area contributed by atoms with E-state index in [1.807, 2.05) is 12.1 Å². The van der Waals surface area contributed by atoms with Gasteiger partial charge in [0.2, 0.25) is 11.9 Å². The Balaban J connectivity index is 1.79. The van der Waals surface area contributed by atoms with Gasteiger partial charge in [-0.2, -0.15) is 10.1 Å². The average Bonchev–Trinajstić information content (AvgIpc) is 2.58. The third-order valence-corrected chi connectivity index (χ3v) is 3.84. The Kier molecular flexibility index (Phi) is 5.50. The minimum atomic E-state index is -0.144. The second-order valence-corrected chi connectivity index (χ2v) is 6.09. The van der Waals surface area contributed by atoms with Crippen LogP contribution in [-0.4, -0.2) is 21.1 Å². The van der Waals surface area contributed by atoms with Gasteiger partial charge in [-0.3, -0.25) is 4.79 Å². The fourth-order valence-corrected chi connectivity index (χ4v) is 2.66. The minimum Gasteiger partial charge on any atom is -0.339 e. The highest BCUT2D eigenvalue weighted by atomic mass is 35.5. The van der Waals surface area contributed by atoms with Crippen LogP contribution in [0.3, 0.4) is 0 Å². The lowest BCUT2D eigenvalue weighted by molar-refractivity contribution is -0.114. The highest BCUT2D eigenvalue weighted by Gasteiger charge is 2.08. The fourth-order valence-electron chi connectivity index (χ4n) is 2.17. The molecular weight excluding hydrogens is 375 g/mol. The van der Waals surface area contributed by atoms with E-state index in [1.54, 1.807) is 30.3 Å². The van der Waals surface area contributed by atoms with Crippen molar-refractivity contribution in [2.24, 2.45) is 0 Å². The zero-order valence-corrected chi connectivity index (χ0v) is 15.1. The van der Waals surface area contributed by atoms with Crippen LogP contribution in [0.4, 0.5) is 28.8 Å². The summed E-state index contributed by atoms with van der Waals surface area (Å²) in [4.78, 5) is 15.5. The summed E-state index contributed by atoms with van der Waals surface area (Å²) in [5.74, 6) is 0.558. The zero-order valence-electron chi connectivity index (χ0n) is 13.6. The molecule has 9 heteroatoms. The van der Waals surface area contributed by atoms with Gasteiger partial charge in [-0.05, 0) is 30.3 Å². The summed E-state index contributed by atoms with van der Waals surface area (Å²) in [5.41, 5.74) is 1.91. The first-order valence-corrected chi connectivity index (χ1v) is 8.32. The Labute approximate surface area is 159 Å². The molecule has 0 aliphatic carbocycles. The van der Waals surface area contributed by atoms with Gasteiger partial charge in [0.1, 0.15) is 0 Å². The fraction of sp³-hybridized carbons (Fsp3) is 0.0588. The molecule has 0 fully saturated rings. The molecule has 0 aliphatic rings. The van der Waals surface area contributed by atoms with Crippen LogP contribution in [0.5, 0.6) is 0 Å². The highest BCUT2D eigenvalue weighted by molar-refractivity contribution is 6.39. The largest absolute Gasteiger partial charge is 0.339 e. The maximum absolute atomic E-state index is 11.2. The van der Waals surface area contributed by atoms with E-state index in [-0.39, 0.29) is 11.9 Å². The number of nitrogens with zero attached hydrogens (tertiary/aromatic N) is 3. The minimum absolute atomic E-state index is 0.144. The van der Waals surface area contributed by atoms with Gasteiger partial charge in [-0.15, -0.1) is 5.10 Å². The predicted octanol–water partition coefficient (Wildman–Crippen LogP) is 4.62. The summed E-state index contributed by atoms with van der Waals surface area (Å²) >= 11 is 12.3. The molecule has 3 rings (SSSR count). The second-order valence-electron chi connectivity index (χ2n) is 5.27. The molecule has 2 aromatic carbocycles. The van der Waals surface area contributed by atoms with Crippen LogP contribution in [0.25, 0.3) is 0 Å². The van der Waals surface area contributed by atoms with Gasteiger partial charge in [0.05, 0.1) is 21.9 Å². The van der Waals surface area contributed by atoms with Crippen LogP contribution in [0, 0.1) is 0 Å². The van der Waals surface area contributed by atoms with Crippen molar-refractivity contribution in [3.05, 3.63) is 58.7 Å². The number of aromatic nitrogens is 3.